The molecule has 2 aliphatic rings. The summed E-state index contributed by atoms with van der Waals surface area (Å²) in [6.45, 7) is 6.13. The molecule has 4 aromatic heterocycles. The standard InChI is InChI=1S/C37H35ClN8O3/c1-23-30-18-27(8-9-32(30)44-43-23)40-37(47)25-5-10-34-33(17-25)41-35(46(34)20-29-13-16-48-29)21-45-14-11-24(12-15-45)31-3-2-4-36(42-31)49-22-28-7-6-26(38)19-39-28/h2-11,17-19,29H,12-16,20-22H2,1H3,(H,40,47)(H,43,44)/t29-/m0/s1. The topological polar surface area (TPSA) is 123 Å². The first-order chi connectivity index (χ1) is 23.9. The molecule has 12 heteroatoms. The molecule has 2 N–H and O–H groups in total. The van der Waals surface area contributed by atoms with E-state index in [9.17, 15) is 4.79 Å². The van der Waals surface area contributed by atoms with Crippen LogP contribution < -0.4 is 10.1 Å². The zero-order valence-electron chi connectivity index (χ0n) is 27.0. The summed E-state index contributed by atoms with van der Waals surface area (Å²) in [4.78, 5) is 29.8. The third-order valence-electron chi connectivity index (χ3n) is 9.14. The van der Waals surface area contributed by atoms with E-state index in [1.54, 1.807) is 12.3 Å². The lowest BCUT2D eigenvalue weighted by Gasteiger charge is -2.29. The Labute approximate surface area is 287 Å². The molecule has 6 aromatic rings. The summed E-state index contributed by atoms with van der Waals surface area (Å²) in [7, 11) is 0. The number of nitrogens with one attached hydrogen (secondary N) is 2. The summed E-state index contributed by atoms with van der Waals surface area (Å²) in [6, 6.07) is 21.0. The van der Waals surface area contributed by atoms with Crippen molar-refractivity contribution < 1.29 is 14.3 Å². The Hall–Kier alpha value is -5.10. The Morgan fingerprint density at radius 3 is 2.82 bits per heavy atom. The van der Waals surface area contributed by atoms with Crippen molar-refractivity contribution in [1.29, 1.82) is 0 Å². The fourth-order valence-corrected chi connectivity index (χ4v) is 6.41. The second-order valence-corrected chi connectivity index (χ2v) is 12.9. The third kappa shape index (κ3) is 6.78. The first-order valence-electron chi connectivity index (χ1n) is 16.4. The van der Waals surface area contributed by atoms with Gasteiger partial charge in [-0.15, -0.1) is 0 Å². The van der Waals surface area contributed by atoms with Gasteiger partial charge in [-0.1, -0.05) is 23.7 Å². The van der Waals surface area contributed by atoms with Crippen molar-refractivity contribution in [2.24, 2.45) is 0 Å². The van der Waals surface area contributed by atoms with Crippen LogP contribution in [0.3, 0.4) is 0 Å². The molecular formula is C37H35ClN8O3. The Bertz CT molecular complexity index is 2190. The van der Waals surface area contributed by atoms with Crippen LogP contribution >= 0.6 is 11.6 Å². The van der Waals surface area contributed by atoms with Gasteiger partial charge in [0.15, 0.2) is 0 Å². The molecular weight excluding hydrogens is 640 g/mol. The molecule has 0 spiro atoms. The first kappa shape index (κ1) is 31.2. The average Bonchev–Trinajstić information content (AvgIpc) is 3.64. The molecule has 0 unspecified atom stereocenters. The van der Waals surface area contributed by atoms with Crippen molar-refractivity contribution in [3.05, 3.63) is 112 Å². The predicted molar refractivity (Wildman–Crippen MR) is 189 cm³/mol. The van der Waals surface area contributed by atoms with Gasteiger partial charge in [-0.3, -0.25) is 19.8 Å². The van der Waals surface area contributed by atoms with Crippen LogP contribution in [0.15, 0.2) is 79.0 Å². The van der Waals surface area contributed by atoms with Crippen LogP contribution in [-0.4, -0.2) is 66.3 Å². The monoisotopic (exact) mass is 674 g/mol. The van der Waals surface area contributed by atoms with E-state index in [0.717, 1.165) is 89.6 Å². The van der Waals surface area contributed by atoms with E-state index >= 15 is 0 Å². The number of H-pyrrole nitrogens is 1. The minimum absolute atomic E-state index is 0.171. The van der Waals surface area contributed by atoms with Gasteiger partial charge in [0.2, 0.25) is 5.88 Å². The van der Waals surface area contributed by atoms with E-state index in [-0.39, 0.29) is 12.0 Å². The number of hydrogen-bond donors (Lipinski definition) is 2. The number of carbonyl (C=O) groups excluding carboxylic acids is 1. The van der Waals surface area contributed by atoms with Crippen LogP contribution in [0.2, 0.25) is 5.02 Å². The van der Waals surface area contributed by atoms with Crippen LogP contribution in [-0.2, 0) is 24.4 Å². The summed E-state index contributed by atoms with van der Waals surface area (Å²) in [5.41, 5.74) is 7.80. The van der Waals surface area contributed by atoms with Crippen LogP contribution in [0.5, 0.6) is 5.88 Å². The van der Waals surface area contributed by atoms with Gasteiger partial charge < -0.3 is 19.4 Å². The maximum atomic E-state index is 13.3. The minimum Gasteiger partial charge on any atom is -0.471 e. The Kier molecular flexibility index (Phi) is 8.54. The highest BCUT2D eigenvalue weighted by Crippen LogP contribution is 2.27. The fourth-order valence-electron chi connectivity index (χ4n) is 6.30. The largest absolute Gasteiger partial charge is 0.471 e. The van der Waals surface area contributed by atoms with E-state index < -0.39 is 0 Å². The zero-order valence-corrected chi connectivity index (χ0v) is 27.8. The van der Waals surface area contributed by atoms with Gasteiger partial charge in [0.1, 0.15) is 12.4 Å². The summed E-state index contributed by atoms with van der Waals surface area (Å²) in [6.07, 6.45) is 5.91. The summed E-state index contributed by atoms with van der Waals surface area (Å²) < 4.78 is 14.0. The van der Waals surface area contributed by atoms with Crippen molar-refractivity contribution in [2.45, 2.75) is 45.6 Å². The molecule has 2 aliphatic heterocycles. The normalized spacial score (nSPS) is 16.4. The number of hydrogen-bond acceptors (Lipinski definition) is 8. The minimum atomic E-state index is -0.181. The molecule has 0 aliphatic carbocycles. The number of aromatic nitrogens is 6. The average molecular weight is 675 g/mol. The van der Waals surface area contributed by atoms with Crippen molar-refractivity contribution in [3.63, 3.8) is 0 Å². The molecule has 11 nitrogen and oxygen atoms in total. The van der Waals surface area contributed by atoms with Crippen molar-refractivity contribution in [2.75, 3.05) is 25.0 Å². The molecule has 0 radical (unpaired) electrons. The smallest absolute Gasteiger partial charge is 0.255 e. The van der Waals surface area contributed by atoms with Crippen LogP contribution in [0.25, 0.3) is 27.5 Å². The van der Waals surface area contributed by atoms with Crippen molar-refractivity contribution in [3.8, 4) is 5.88 Å². The van der Waals surface area contributed by atoms with E-state index in [1.165, 1.54) is 5.57 Å². The number of aryl methyl sites for hydroxylation is 1. The van der Waals surface area contributed by atoms with Gasteiger partial charge in [0.25, 0.3) is 5.91 Å². The molecule has 1 saturated heterocycles. The molecule has 0 bridgehead atoms. The van der Waals surface area contributed by atoms with Gasteiger partial charge in [-0.05, 0) is 79.9 Å². The SMILES string of the molecule is Cc1[nH]nc2ccc(NC(=O)c3ccc4c(c3)nc(CN3CC=C(c5cccc(OCc6ccc(Cl)cn6)n5)CC3)n4C[C@@H]3CCO3)cc12. The highest BCUT2D eigenvalue weighted by atomic mass is 35.5. The number of anilines is 1. The number of imidazole rings is 1. The molecule has 248 valence electrons. The number of fused-ring (bicyclic) bond motifs is 2. The molecule has 0 saturated carbocycles. The number of halogens is 1. The van der Waals surface area contributed by atoms with E-state index in [4.69, 9.17) is 31.0 Å². The lowest BCUT2D eigenvalue weighted by Crippen LogP contribution is -2.33. The number of carbonyl (C=O) groups is 1. The Balaban J connectivity index is 0.966. The number of rotatable bonds is 10. The van der Waals surface area contributed by atoms with E-state index in [1.807, 2.05) is 67.6 Å². The second-order valence-electron chi connectivity index (χ2n) is 12.5. The van der Waals surface area contributed by atoms with Gasteiger partial charge in [-0.25, -0.2) is 9.97 Å². The molecule has 2 aromatic carbocycles. The van der Waals surface area contributed by atoms with Crippen molar-refractivity contribution in [1.82, 2.24) is 34.6 Å². The van der Waals surface area contributed by atoms with E-state index in [2.05, 4.69) is 36.0 Å². The lowest BCUT2D eigenvalue weighted by molar-refractivity contribution is -0.0591. The fraction of sp³-hybridized carbons (Fsp3) is 0.270. The number of pyridine rings is 2. The third-order valence-corrected chi connectivity index (χ3v) is 9.36. The highest BCUT2D eigenvalue weighted by Gasteiger charge is 2.24. The Morgan fingerprint density at radius 2 is 2.02 bits per heavy atom. The van der Waals surface area contributed by atoms with E-state index in [0.29, 0.717) is 29.6 Å². The van der Waals surface area contributed by atoms with Gasteiger partial charge in [0, 0.05) is 54.3 Å². The first-order valence-corrected chi connectivity index (χ1v) is 16.8. The van der Waals surface area contributed by atoms with Gasteiger partial charge in [-0.2, -0.15) is 5.10 Å². The number of amides is 1. The molecule has 1 amide bonds. The number of aromatic amines is 1. The molecule has 49 heavy (non-hydrogen) atoms. The zero-order chi connectivity index (χ0) is 33.3. The summed E-state index contributed by atoms with van der Waals surface area (Å²) in [5, 5.41) is 11.9. The molecule has 6 heterocycles. The van der Waals surface area contributed by atoms with Crippen LogP contribution in [0, 0.1) is 6.92 Å². The molecule has 1 fully saturated rings. The summed E-state index contributed by atoms with van der Waals surface area (Å²) in [5.74, 6) is 1.34. The van der Waals surface area contributed by atoms with Crippen LogP contribution in [0.4, 0.5) is 5.69 Å². The Morgan fingerprint density at radius 1 is 1.10 bits per heavy atom. The lowest BCUT2D eigenvalue weighted by atomic mass is 10.0. The number of nitrogens with zero attached hydrogens (tertiary/aromatic N) is 6. The van der Waals surface area contributed by atoms with Crippen LogP contribution in [0.1, 0.15) is 46.1 Å². The maximum Gasteiger partial charge on any atom is 0.255 e. The second kappa shape index (κ2) is 13.4. The number of benzene rings is 2. The summed E-state index contributed by atoms with van der Waals surface area (Å²) >= 11 is 5.95. The van der Waals surface area contributed by atoms with Gasteiger partial charge >= 0.3 is 0 Å². The quantitative estimate of drug-likeness (QED) is 0.167. The maximum absolute atomic E-state index is 13.3. The number of ether oxygens (including phenoxy) is 2. The molecule has 8 rings (SSSR count). The van der Waals surface area contributed by atoms with Gasteiger partial charge in [0.05, 0.1) is 52.2 Å². The predicted octanol–water partition coefficient (Wildman–Crippen LogP) is 6.57. The van der Waals surface area contributed by atoms with Crippen molar-refractivity contribution >= 4 is 50.7 Å². The highest BCUT2D eigenvalue weighted by molar-refractivity contribution is 6.30. The molecule has 1 atom stereocenters.